The van der Waals surface area contributed by atoms with Crippen LogP contribution in [0.15, 0.2) is 11.1 Å². The first-order valence-electron chi connectivity index (χ1n) is 4.88. The van der Waals surface area contributed by atoms with Crippen LogP contribution in [-0.2, 0) is 19.1 Å². The summed E-state index contributed by atoms with van der Waals surface area (Å²) in [6.45, 7) is -0.0539. The van der Waals surface area contributed by atoms with E-state index < -0.39 is 5.97 Å². The minimum atomic E-state index is -0.537. The van der Waals surface area contributed by atoms with Gasteiger partial charge in [0.2, 0.25) is 11.8 Å². The molecule has 0 radical (unpaired) electrons. The number of thioether (sulfide) groups is 1. The monoisotopic (exact) mass is 258 g/mol. The number of ether oxygens (including phenoxy) is 1. The Labute approximate surface area is 104 Å². The molecule has 0 aliphatic carbocycles. The second-order valence-electron chi connectivity index (χ2n) is 3.56. The molecular weight excluding hydrogens is 244 g/mol. The van der Waals surface area contributed by atoms with E-state index in [2.05, 4.69) is 4.74 Å². The summed E-state index contributed by atoms with van der Waals surface area (Å²) in [7, 11) is 4.48. The Morgan fingerprint density at radius 1 is 1.53 bits per heavy atom. The van der Waals surface area contributed by atoms with Gasteiger partial charge in [0.15, 0.2) is 0 Å². The third-order valence-corrected chi connectivity index (χ3v) is 3.17. The zero-order valence-corrected chi connectivity index (χ0v) is 10.7. The Bertz CT molecular complexity index is 379. The summed E-state index contributed by atoms with van der Waals surface area (Å²) >= 11 is 1.22. The fraction of sp³-hybridized carbons (Fsp3) is 0.500. The summed E-state index contributed by atoms with van der Waals surface area (Å²) in [5.74, 6) is -0.676. The van der Waals surface area contributed by atoms with Crippen molar-refractivity contribution in [3.05, 3.63) is 11.1 Å². The maximum absolute atomic E-state index is 11.6. The summed E-state index contributed by atoms with van der Waals surface area (Å²) in [6, 6.07) is 0. The molecule has 1 saturated heterocycles. The summed E-state index contributed by atoms with van der Waals surface area (Å²) in [5.41, 5.74) is 0. The highest BCUT2D eigenvalue weighted by atomic mass is 32.2. The van der Waals surface area contributed by atoms with E-state index in [4.69, 9.17) is 0 Å². The first kappa shape index (κ1) is 13.6. The number of hydrogen-bond acceptors (Lipinski definition) is 5. The van der Waals surface area contributed by atoms with Crippen LogP contribution in [0.3, 0.4) is 0 Å². The van der Waals surface area contributed by atoms with E-state index in [0.29, 0.717) is 5.03 Å². The Kier molecular flexibility index (Phi) is 4.56. The minimum Gasteiger partial charge on any atom is -0.466 e. The van der Waals surface area contributed by atoms with Crippen LogP contribution in [0.4, 0.5) is 0 Å². The Morgan fingerprint density at radius 2 is 2.18 bits per heavy atom. The fourth-order valence-electron chi connectivity index (χ4n) is 1.14. The van der Waals surface area contributed by atoms with Gasteiger partial charge < -0.3 is 9.64 Å². The third kappa shape index (κ3) is 3.48. The molecule has 7 heteroatoms. The van der Waals surface area contributed by atoms with Crippen molar-refractivity contribution in [3.8, 4) is 0 Å². The number of nitrogens with zero attached hydrogens (tertiary/aromatic N) is 2. The second kappa shape index (κ2) is 5.72. The average molecular weight is 258 g/mol. The molecule has 94 valence electrons. The number of likely N-dealkylation sites (N-methyl/N-ethyl adjacent to an activating group) is 1. The molecule has 1 aliphatic heterocycles. The number of carbonyl (C=O) groups excluding carboxylic acids is 3. The van der Waals surface area contributed by atoms with Crippen LogP contribution in [0.1, 0.15) is 0 Å². The van der Waals surface area contributed by atoms with E-state index in [1.165, 1.54) is 34.7 Å². The Morgan fingerprint density at radius 3 is 2.71 bits per heavy atom. The summed E-state index contributed by atoms with van der Waals surface area (Å²) in [5, 5.41) is 0.456. The molecule has 17 heavy (non-hydrogen) atoms. The molecule has 0 spiro atoms. The van der Waals surface area contributed by atoms with Crippen molar-refractivity contribution >= 4 is 29.5 Å². The van der Waals surface area contributed by atoms with Crippen LogP contribution in [0.2, 0.25) is 0 Å². The zero-order chi connectivity index (χ0) is 13.0. The van der Waals surface area contributed by atoms with Gasteiger partial charge in [-0.25, -0.2) is 4.79 Å². The largest absolute Gasteiger partial charge is 0.466 e. The first-order chi connectivity index (χ1) is 7.95. The van der Waals surface area contributed by atoms with Crippen molar-refractivity contribution in [2.75, 3.05) is 33.5 Å². The van der Waals surface area contributed by atoms with Gasteiger partial charge in [-0.05, 0) is 0 Å². The number of hydrogen-bond donors (Lipinski definition) is 0. The van der Waals surface area contributed by atoms with Gasteiger partial charge in [-0.1, -0.05) is 11.8 Å². The second-order valence-corrected chi connectivity index (χ2v) is 4.56. The molecule has 0 bridgehead atoms. The summed E-state index contributed by atoms with van der Waals surface area (Å²) in [4.78, 5) is 36.9. The lowest BCUT2D eigenvalue weighted by atomic mass is 10.4. The van der Waals surface area contributed by atoms with E-state index in [1.807, 2.05) is 0 Å². The predicted molar refractivity (Wildman–Crippen MR) is 63.0 cm³/mol. The number of amides is 2. The van der Waals surface area contributed by atoms with Crippen molar-refractivity contribution in [1.29, 1.82) is 0 Å². The van der Waals surface area contributed by atoms with Gasteiger partial charge in [0, 0.05) is 14.1 Å². The van der Waals surface area contributed by atoms with Crippen molar-refractivity contribution in [2.45, 2.75) is 0 Å². The van der Waals surface area contributed by atoms with Crippen LogP contribution in [-0.4, -0.2) is 61.1 Å². The maximum Gasteiger partial charge on any atom is 0.333 e. The molecule has 0 unspecified atom stereocenters. The average Bonchev–Trinajstić information content (AvgIpc) is 2.61. The Hall–Kier alpha value is -1.50. The molecule has 0 saturated carbocycles. The molecule has 0 aromatic carbocycles. The third-order valence-electron chi connectivity index (χ3n) is 2.15. The molecule has 2 amide bonds. The predicted octanol–water partition coefficient (Wildman–Crippen LogP) is -0.336. The lowest BCUT2D eigenvalue weighted by molar-refractivity contribution is -0.136. The standard InChI is InChI=1S/C10H14N2O4S/c1-11(2)7(13)5-12-8(14)6-17-9(12)4-10(15)16-3/h4H,5-6H2,1-3H3. The quantitative estimate of drug-likeness (QED) is 0.512. The van der Waals surface area contributed by atoms with Crippen LogP contribution in [0, 0.1) is 0 Å². The van der Waals surface area contributed by atoms with Crippen LogP contribution in [0.5, 0.6) is 0 Å². The molecule has 0 aromatic rings. The van der Waals surface area contributed by atoms with Crippen molar-refractivity contribution in [2.24, 2.45) is 0 Å². The van der Waals surface area contributed by atoms with E-state index in [9.17, 15) is 14.4 Å². The molecule has 1 aliphatic rings. The molecule has 0 aromatic heterocycles. The highest BCUT2D eigenvalue weighted by molar-refractivity contribution is 8.04. The summed E-state index contributed by atoms with van der Waals surface area (Å²) < 4.78 is 4.49. The van der Waals surface area contributed by atoms with Gasteiger partial charge in [0.25, 0.3) is 0 Å². The van der Waals surface area contributed by atoms with Crippen LogP contribution >= 0.6 is 11.8 Å². The van der Waals surface area contributed by atoms with Gasteiger partial charge >= 0.3 is 5.97 Å². The molecule has 0 N–H and O–H groups in total. The summed E-state index contributed by atoms with van der Waals surface area (Å²) in [6.07, 6.45) is 1.22. The van der Waals surface area contributed by atoms with E-state index in [-0.39, 0.29) is 24.1 Å². The van der Waals surface area contributed by atoms with E-state index >= 15 is 0 Å². The van der Waals surface area contributed by atoms with Crippen LogP contribution < -0.4 is 0 Å². The highest BCUT2D eigenvalue weighted by Gasteiger charge is 2.29. The molecule has 6 nitrogen and oxygen atoms in total. The molecule has 1 rings (SSSR count). The molecule has 1 fully saturated rings. The highest BCUT2D eigenvalue weighted by Crippen LogP contribution is 2.28. The van der Waals surface area contributed by atoms with Gasteiger partial charge in [-0.15, -0.1) is 0 Å². The number of rotatable bonds is 3. The lowest BCUT2D eigenvalue weighted by Crippen LogP contribution is -2.37. The van der Waals surface area contributed by atoms with Gasteiger partial charge in [0.05, 0.1) is 24.0 Å². The SMILES string of the molecule is COC(=O)C=C1SCC(=O)N1CC(=O)N(C)C. The lowest BCUT2D eigenvalue weighted by Gasteiger charge is -2.18. The molecule has 1 heterocycles. The Balaban J connectivity index is 2.79. The molecule has 0 atom stereocenters. The number of esters is 1. The van der Waals surface area contributed by atoms with Crippen molar-refractivity contribution < 1.29 is 19.1 Å². The fourth-order valence-corrected chi connectivity index (χ4v) is 2.07. The van der Waals surface area contributed by atoms with Crippen molar-refractivity contribution in [1.82, 2.24) is 9.80 Å². The smallest absolute Gasteiger partial charge is 0.333 e. The van der Waals surface area contributed by atoms with Gasteiger partial charge in [-0.3, -0.25) is 14.5 Å². The molecular formula is C10H14N2O4S. The van der Waals surface area contributed by atoms with E-state index in [0.717, 1.165) is 0 Å². The topological polar surface area (TPSA) is 66.9 Å². The number of methoxy groups -OCH3 is 1. The number of carbonyl (C=O) groups is 3. The zero-order valence-electron chi connectivity index (χ0n) is 9.93. The first-order valence-corrected chi connectivity index (χ1v) is 5.87. The maximum atomic E-state index is 11.6. The van der Waals surface area contributed by atoms with E-state index in [1.54, 1.807) is 14.1 Å². The normalized spacial score (nSPS) is 17.5. The van der Waals surface area contributed by atoms with Crippen molar-refractivity contribution in [3.63, 3.8) is 0 Å². The van der Waals surface area contributed by atoms with Gasteiger partial charge in [-0.2, -0.15) is 0 Å². The van der Waals surface area contributed by atoms with Crippen LogP contribution in [0.25, 0.3) is 0 Å². The van der Waals surface area contributed by atoms with Gasteiger partial charge in [0.1, 0.15) is 6.54 Å². The minimum absolute atomic E-state index is 0.0539.